The van der Waals surface area contributed by atoms with E-state index < -0.39 is 11.7 Å². The summed E-state index contributed by atoms with van der Waals surface area (Å²) < 4.78 is 0. The first kappa shape index (κ1) is 10.7. The van der Waals surface area contributed by atoms with Crippen LogP contribution in [-0.2, 0) is 0 Å². The summed E-state index contributed by atoms with van der Waals surface area (Å²) in [6, 6.07) is 0. The molecule has 0 aromatic rings. The molecule has 2 heteroatoms. The number of hydrogen-bond donors (Lipinski definition) is 2. The largest absolute Gasteiger partial charge is 0.390 e. The molecule has 1 fully saturated rings. The lowest BCUT2D eigenvalue weighted by atomic mass is 9.71. The van der Waals surface area contributed by atoms with Gasteiger partial charge in [0.15, 0.2) is 0 Å². The minimum absolute atomic E-state index is 0. The van der Waals surface area contributed by atoms with Crippen molar-refractivity contribution < 1.29 is 11.6 Å². The van der Waals surface area contributed by atoms with Gasteiger partial charge >= 0.3 is 0 Å². The van der Waals surface area contributed by atoms with Gasteiger partial charge in [0.1, 0.15) is 0 Å². The predicted octanol–water partition coefficient (Wildman–Crippen LogP) is 1.97. The minimum atomic E-state index is -0.803. The highest BCUT2D eigenvalue weighted by Crippen LogP contribution is 2.37. The first-order valence-electron chi connectivity index (χ1n) is 4.93. The quantitative estimate of drug-likeness (QED) is 0.615. The third kappa shape index (κ3) is 2.12. The van der Waals surface area contributed by atoms with E-state index in [4.69, 9.17) is 0 Å². The van der Waals surface area contributed by atoms with Gasteiger partial charge in [0.05, 0.1) is 11.7 Å². The third-order valence-electron chi connectivity index (χ3n) is 3.21. The van der Waals surface area contributed by atoms with Crippen molar-refractivity contribution in [2.24, 2.45) is 11.8 Å². The Labute approximate surface area is 81.8 Å². The van der Waals surface area contributed by atoms with Crippen LogP contribution in [0.2, 0.25) is 0 Å². The van der Waals surface area contributed by atoms with Gasteiger partial charge in [-0.2, -0.15) is 0 Å². The smallest absolute Gasteiger partial charge is 0.0805 e. The van der Waals surface area contributed by atoms with Crippen molar-refractivity contribution >= 4 is 0 Å². The van der Waals surface area contributed by atoms with Crippen LogP contribution in [0.4, 0.5) is 0 Å². The predicted molar refractivity (Wildman–Crippen MR) is 55.4 cm³/mol. The fourth-order valence-electron chi connectivity index (χ4n) is 2.06. The molecule has 0 saturated heterocycles. The average Bonchev–Trinajstić information content (AvgIpc) is 1.98. The van der Waals surface area contributed by atoms with Crippen molar-refractivity contribution in [3.63, 3.8) is 0 Å². The molecule has 0 radical (unpaired) electrons. The maximum atomic E-state index is 9.88. The lowest BCUT2D eigenvalue weighted by molar-refractivity contribution is -0.0514. The molecule has 2 N–H and O–H groups in total. The molecule has 0 aromatic carbocycles. The summed E-state index contributed by atoms with van der Waals surface area (Å²) >= 11 is 0. The van der Waals surface area contributed by atoms with E-state index in [1.807, 2.05) is 0 Å². The molecule has 1 aliphatic carbocycles. The van der Waals surface area contributed by atoms with Crippen LogP contribution in [0.25, 0.3) is 0 Å². The molecule has 0 heterocycles. The number of aliphatic hydroxyl groups excluding tert-OH is 1. The van der Waals surface area contributed by atoms with Crippen molar-refractivity contribution in [1.29, 1.82) is 0 Å². The molecule has 1 saturated carbocycles. The number of rotatable bonds is 1. The fraction of sp³-hybridized carbons (Fsp3) is 0.818. The van der Waals surface area contributed by atoms with E-state index >= 15 is 0 Å². The Morgan fingerprint density at radius 3 is 2.46 bits per heavy atom. The van der Waals surface area contributed by atoms with Gasteiger partial charge in [0, 0.05) is 7.34 Å². The molecule has 1 aliphatic rings. The molecule has 1 rings (SSSR count). The van der Waals surface area contributed by atoms with Gasteiger partial charge < -0.3 is 10.2 Å². The van der Waals surface area contributed by atoms with Crippen LogP contribution in [-0.4, -0.2) is 21.9 Å². The van der Waals surface area contributed by atoms with Crippen molar-refractivity contribution in [3.8, 4) is 0 Å². The van der Waals surface area contributed by atoms with Crippen LogP contribution in [0.1, 0.15) is 35.0 Å². The van der Waals surface area contributed by atoms with Crippen molar-refractivity contribution in [2.75, 3.05) is 0 Å². The Balaban J connectivity index is 0.00000169. The molecule has 78 valence electrons. The lowest BCUT2D eigenvalue weighted by Gasteiger charge is -2.40. The fourth-order valence-corrected chi connectivity index (χ4v) is 2.06. The molecule has 0 spiro atoms. The van der Waals surface area contributed by atoms with Gasteiger partial charge in [-0.15, -0.1) is 0 Å². The molecule has 2 nitrogen and oxygen atoms in total. The Hall–Kier alpha value is -0.340. The van der Waals surface area contributed by atoms with Gasteiger partial charge in [0.2, 0.25) is 0 Å². The van der Waals surface area contributed by atoms with E-state index in [0.717, 1.165) is 18.4 Å². The highest BCUT2D eigenvalue weighted by molar-refractivity contribution is 5.13. The van der Waals surface area contributed by atoms with Gasteiger partial charge in [-0.25, -0.2) is 0 Å². The van der Waals surface area contributed by atoms with Gasteiger partial charge in [-0.3, -0.25) is 0 Å². The van der Waals surface area contributed by atoms with Crippen LogP contribution in [0, 0.1) is 11.8 Å². The Morgan fingerprint density at radius 2 is 2.00 bits per heavy atom. The summed E-state index contributed by atoms with van der Waals surface area (Å²) in [4.78, 5) is 0. The minimum Gasteiger partial charge on any atom is -0.390 e. The summed E-state index contributed by atoms with van der Waals surface area (Å²) in [5.41, 5.74) is 0.0704. The summed E-state index contributed by atoms with van der Waals surface area (Å²) in [5.74, 6) is 0.324. The van der Waals surface area contributed by atoms with E-state index in [9.17, 15) is 10.2 Å². The second-order valence-corrected chi connectivity index (χ2v) is 4.76. The first-order valence-corrected chi connectivity index (χ1v) is 4.93. The molecular formula is C11H22O2. The van der Waals surface area contributed by atoms with Gasteiger partial charge in [-0.1, -0.05) is 13.5 Å². The normalized spacial score (nSPS) is 36.4. The van der Waals surface area contributed by atoms with E-state index in [1.54, 1.807) is 13.8 Å². The van der Waals surface area contributed by atoms with Gasteiger partial charge in [0.25, 0.3) is 0 Å². The Morgan fingerprint density at radius 1 is 1.46 bits per heavy atom. The average molecular weight is 186 g/mol. The summed E-state index contributed by atoms with van der Waals surface area (Å²) in [5, 5.41) is 19.7. The Bertz CT molecular complexity index is 208. The van der Waals surface area contributed by atoms with Gasteiger partial charge in [-0.05, 0) is 38.2 Å². The van der Waals surface area contributed by atoms with Crippen molar-refractivity contribution in [1.82, 2.24) is 0 Å². The summed E-state index contributed by atoms with van der Waals surface area (Å²) in [7, 11) is 0. The highest BCUT2D eigenvalue weighted by atomic mass is 16.3. The summed E-state index contributed by atoms with van der Waals surface area (Å²) in [6.07, 6.45) is 1.36. The monoisotopic (exact) mass is 186 g/mol. The second kappa shape index (κ2) is 3.43. The lowest BCUT2D eigenvalue weighted by Crippen LogP contribution is -2.43. The van der Waals surface area contributed by atoms with Crippen LogP contribution >= 0.6 is 0 Å². The van der Waals surface area contributed by atoms with E-state index in [2.05, 4.69) is 13.5 Å². The van der Waals surface area contributed by atoms with E-state index in [0.29, 0.717) is 5.92 Å². The number of hydrogen-bond acceptors (Lipinski definition) is 2. The van der Waals surface area contributed by atoms with E-state index in [-0.39, 0.29) is 7.34 Å². The van der Waals surface area contributed by atoms with Crippen LogP contribution < -0.4 is 0 Å². The molecule has 0 bridgehead atoms. The second-order valence-electron chi connectivity index (χ2n) is 4.76. The van der Waals surface area contributed by atoms with Crippen LogP contribution in [0.3, 0.4) is 0 Å². The topological polar surface area (TPSA) is 40.5 Å². The summed E-state index contributed by atoms with van der Waals surface area (Å²) in [6.45, 7) is 9.46. The molecule has 13 heavy (non-hydrogen) atoms. The standard InChI is InChI=1S/C11H20O2.H2/c1-7-5-6-9(11(3,4)13)10(12)8(7)2;/h7,9-10,12-13H,2,5-6H2,1,3-4H3;1H. The molecular weight excluding hydrogens is 164 g/mol. The zero-order valence-electron chi connectivity index (χ0n) is 8.75. The maximum absolute atomic E-state index is 9.88. The molecule has 3 atom stereocenters. The first-order chi connectivity index (χ1) is 5.84. The zero-order valence-corrected chi connectivity index (χ0v) is 8.75. The van der Waals surface area contributed by atoms with E-state index in [1.165, 1.54) is 0 Å². The molecule has 0 amide bonds. The zero-order chi connectivity index (χ0) is 10.2. The highest BCUT2D eigenvalue weighted by Gasteiger charge is 2.38. The van der Waals surface area contributed by atoms with Crippen molar-refractivity contribution in [2.45, 2.75) is 45.3 Å². The SMILES string of the molecule is C=C1C(C)CCC(C(C)(C)O)C1O.[HH]. The maximum Gasteiger partial charge on any atom is 0.0805 e. The van der Waals surface area contributed by atoms with Crippen LogP contribution in [0.5, 0.6) is 0 Å². The van der Waals surface area contributed by atoms with Crippen LogP contribution in [0.15, 0.2) is 12.2 Å². The van der Waals surface area contributed by atoms with Crippen molar-refractivity contribution in [3.05, 3.63) is 12.2 Å². The molecule has 0 aliphatic heterocycles. The Kier molecular flexibility index (Phi) is 2.83. The molecule has 0 aromatic heterocycles. The third-order valence-corrected chi connectivity index (χ3v) is 3.21. The molecule has 3 unspecified atom stereocenters. The number of aliphatic hydroxyl groups is 2.